The highest BCUT2D eigenvalue weighted by Crippen LogP contribution is 2.33. The van der Waals surface area contributed by atoms with Crippen LogP contribution in [-0.2, 0) is 6.54 Å². The Morgan fingerprint density at radius 3 is 2.78 bits per heavy atom. The van der Waals surface area contributed by atoms with Crippen LogP contribution in [0.25, 0.3) is 0 Å². The van der Waals surface area contributed by atoms with Crippen molar-refractivity contribution >= 4 is 5.69 Å². The first-order valence-electron chi connectivity index (χ1n) is 6.93. The molecule has 0 aliphatic heterocycles. The van der Waals surface area contributed by atoms with Gasteiger partial charge in [0.2, 0.25) is 0 Å². The normalized spacial score (nSPS) is 14.8. The fraction of sp³-hybridized carbons (Fsp3) is 0.600. The highest BCUT2D eigenvalue weighted by Gasteiger charge is 2.26. The third kappa shape index (κ3) is 3.22. The van der Waals surface area contributed by atoms with Crippen molar-refractivity contribution in [3.63, 3.8) is 0 Å². The number of hydrogen-bond donors (Lipinski definition) is 1. The second-order valence-corrected chi connectivity index (χ2v) is 5.17. The van der Waals surface area contributed by atoms with Gasteiger partial charge in [0.1, 0.15) is 5.82 Å². The zero-order valence-corrected chi connectivity index (χ0v) is 11.4. The molecule has 18 heavy (non-hydrogen) atoms. The van der Waals surface area contributed by atoms with Gasteiger partial charge >= 0.3 is 0 Å². The smallest absolute Gasteiger partial charge is 0.146 e. The number of halogens is 1. The van der Waals surface area contributed by atoms with Crippen LogP contribution in [0.5, 0.6) is 0 Å². The molecule has 0 heterocycles. The Balaban J connectivity index is 2.25. The van der Waals surface area contributed by atoms with Gasteiger partial charge in [-0.25, -0.2) is 4.39 Å². The van der Waals surface area contributed by atoms with Crippen LogP contribution in [0, 0.1) is 11.7 Å². The van der Waals surface area contributed by atoms with Gasteiger partial charge in [0.25, 0.3) is 0 Å². The Kier molecular flexibility index (Phi) is 4.59. The molecule has 0 saturated heterocycles. The fourth-order valence-corrected chi connectivity index (χ4v) is 2.42. The fourth-order valence-electron chi connectivity index (χ4n) is 2.42. The maximum absolute atomic E-state index is 14.1. The van der Waals surface area contributed by atoms with Gasteiger partial charge in [-0.15, -0.1) is 0 Å². The van der Waals surface area contributed by atoms with Crippen LogP contribution < -0.4 is 10.2 Å². The van der Waals surface area contributed by atoms with E-state index in [0.717, 1.165) is 43.2 Å². The highest BCUT2D eigenvalue weighted by molar-refractivity contribution is 5.55. The maximum atomic E-state index is 14.1. The first-order chi connectivity index (χ1) is 8.76. The Labute approximate surface area is 109 Å². The Morgan fingerprint density at radius 2 is 2.17 bits per heavy atom. The van der Waals surface area contributed by atoms with E-state index in [1.807, 2.05) is 13.1 Å². The molecule has 2 rings (SSSR count). The van der Waals surface area contributed by atoms with Crippen LogP contribution in [-0.4, -0.2) is 20.1 Å². The van der Waals surface area contributed by atoms with Crippen molar-refractivity contribution in [2.45, 2.75) is 32.7 Å². The average Bonchev–Trinajstić information content (AvgIpc) is 3.13. The van der Waals surface area contributed by atoms with Gasteiger partial charge in [0.05, 0.1) is 5.69 Å². The summed E-state index contributed by atoms with van der Waals surface area (Å²) in [6.07, 6.45) is 3.66. The summed E-state index contributed by atoms with van der Waals surface area (Å²) < 4.78 is 14.1. The number of nitrogens with one attached hydrogen (secondary N) is 1. The van der Waals surface area contributed by atoms with Crippen molar-refractivity contribution in [2.75, 3.05) is 25.0 Å². The van der Waals surface area contributed by atoms with Crippen LogP contribution in [0.1, 0.15) is 31.7 Å². The summed E-state index contributed by atoms with van der Waals surface area (Å²) in [5.41, 5.74) is 1.87. The van der Waals surface area contributed by atoms with E-state index in [1.54, 1.807) is 12.1 Å². The van der Waals surface area contributed by atoms with Crippen LogP contribution in [0.4, 0.5) is 10.1 Å². The Hall–Kier alpha value is -1.09. The van der Waals surface area contributed by atoms with Crippen molar-refractivity contribution in [2.24, 2.45) is 5.92 Å². The standard InChI is InChI=1S/C15H23FN2/c1-3-9-18(11-12-7-8-12)15-13(10-17-2)5-4-6-14(15)16/h4-6,12,17H,3,7-11H2,1-2H3. The van der Waals surface area contributed by atoms with Gasteiger partial charge in [0, 0.05) is 19.6 Å². The number of hydrogen-bond acceptors (Lipinski definition) is 2. The molecular formula is C15H23FN2. The summed E-state index contributed by atoms with van der Waals surface area (Å²) >= 11 is 0. The average molecular weight is 250 g/mol. The predicted octanol–water partition coefficient (Wildman–Crippen LogP) is 3.17. The van der Waals surface area contributed by atoms with Crippen molar-refractivity contribution in [1.29, 1.82) is 0 Å². The zero-order chi connectivity index (χ0) is 13.0. The summed E-state index contributed by atoms with van der Waals surface area (Å²) in [6.45, 7) is 4.82. The van der Waals surface area contributed by atoms with Gasteiger partial charge in [-0.2, -0.15) is 0 Å². The molecule has 2 nitrogen and oxygen atoms in total. The topological polar surface area (TPSA) is 15.3 Å². The molecular weight excluding hydrogens is 227 g/mol. The lowest BCUT2D eigenvalue weighted by molar-refractivity contribution is 0.603. The molecule has 1 aromatic rings. The van der Waals surface area contributed by atoms with Crippen molar-refractivity contribution < 1.29 is 4.39 Å². The van der Waals surface area contributed by atoms with E-state index in [2.05, 4.69) is 17.1 Å². The zero-order valence-electron chi connectivity index (χ0n) is 11.4. The van der Waals surface area contributed by atoms with E-state index < -0.39 is 0 Å². The number of anilines is 1. The quantitative estimate of drug-likeness (QED) is 0.799. The second-order valence-electron chi connectivity index (χ2n) is 5.17. The third-order valence-electron chi connectivity index (χ3n) is 3.42. The van der Waals surface area contributed by atoms with E-state index in [4.69, 9.17) is 0 Å². The Morgan fingerprint density at radius 1 is 1.39 bits per heavy atom. The predicted molar refractivity (Wildman–Crippen MR) is 74.4 cm³/mol. The van der Waals surface area contributed by atoms with Crippen molar-refractivity contribution in [3.8, 4) is 0 Å². The largest absolute Gasteiger partial charge is 0.369 e. The Bertz CT molecular complexity index is 388. The molecule has 0 aromatic heterocycles. The van der Waals surface area contributed by atoms with Gasteiger partial charge < -0.3 is 10.2 Å². The molecule has 0 amide bonds. The summed E-state index contributed by atoms with van der Waals surface area (Å²) in [5, 5.41) is 3.12. The monoisotopic (exact) mass is 250 g/mol. The molecule has 1 fully saturated rings. The van der Waals surface area contributed by atoms with E-state index >= 15 is 0 Å². The molecule has 0 atom stereocenters. The number of para-hydroxylation sites is 1. The molecule has 0 bridgehead atoms. The van der Waals surface area contributed by atoms with Gasteiger partial charge in [-0.1, -0.05) is 19.1 Å². The lowest BCUT2D eigenvalue weighted by Gasteiger charge is -2.27. The van der Waals surface area contributed by atoms with Gasteiger partial charge in [0.15, 0.2) is 0 Å². The van der Waals surface area contributed by atoms with Gasteiger partial charge in [-0.3, -0.25) is 0 Å². The molecule has 1 aliphatic carbocycles. The molecule has 0 radical (unpaired) electrons. The van der Waals surface area contributed by atoms with Crippen LogP contribution in [0.15, 0.2) is 18.2 Å². The first-order valence-corrected chi connectivity index (χ1v) is 6.93. The SMILES string of the molecule is CCCN(CC1CC1)c1c(F)cccc1CNC. The van der Waals surface area contributed by atoms with Crippen molar-refractivity contribution in [1.82, 2.24) is 5.32 Å². The number of rotatable bonds is 7. The lowest BCUT2D eigenvalue weighted by atomic mass is 10.1. The minimum absolute atomic E-state index is 0.0862. The molecule has 100 valence electrons. The molecule has 1 saturated carbocycles. The molecule has 1 aromatic carbocycles. The van der Waals surface area contributed by atoms with E-state index in [9.17, 15) is 4.39 Å². The minimum Gasteiger partial charge on any atom is -0.369 e. The number of nitrogens with zero attached hydrogens (tertiary/aromatic N) is 1. The van der Waals surface area contributed by atoms with E-state index in [-0.39, 0.29) is 5.82 Å². The minimum atomic E-state index is -0.0862. The third-order valence-corrected chi connectivity index (χ3v) is 3.42. The van der Waals surface area contributed by atoms with Crippen LogP contribution in [0.2, 0.25) is 0 Å². The van der Waals surface area contributed by atoms with E-state index in [1.165, 1.54) is 12.8 Å². The molecule has 1 aliphatic rings. The molecule has 1 N–H and O–H groups in total. The summed E-state index contributed by atoms with van der Waals surface area (Å²) in [4.78, 5) is 2.24. The van der Waals surface area contributed by atoms with E-state index in [0.29, 0.717) is 0 Å². The summed E-state index contributed by atoms with van der Waals surface area (Å²) in [7, 11) is 1.90. The second kappa shape index (κ2) is 6.19. The highest BCUT2D eigenvalue weighted by atomic mass is 19.1. The summed E-state index contributed by atoms with van der Waals surface area (Å²) in [6, 6.07) is 5.39. The summed E-state index contributed by atoms with van der Waals surface area (Å²) in [5.74, 6) is 0.690. The first kappa shape index (κ1) is 13.3. The number of benzene rings is 1. The molecule has 0 unspecified atom stereocenters. The van der Waals surface area contributed by atoms with Crippen molar-refractivity contribution in [3.05, 3.63) is 29.6 Å². The molecule has 3 heteroatoms. The lowest BCUT2D eigenvalue weighted by Crippen LogP contribution is -2.29. The maximum Gasteiger partial charge on any atom is 0.146 e. The van der Waals surface area contributed by atoms with Crippen LogP contribution in [0.3, 0.4) is 0 Å². The molecule has 0 spiro atoms. The van der Waals surface area contributed by atoms with Crippen LogP contribution >= 0.6 is 0 Å². The van der Waals surface area contributed by atoms with Gasteiger partial charge in [-0.05, 0) is 43.9 Å².